The van der Waals surface area contributed by atoms with Crippen LogP contribution in [0.4, 0.5) is 0 Å². The van der Waals surface area contributed by atoms with E-state index in [2.05, 4.69) is 16.7 Å². The van der Waals surface area contributed by atoms with Gasteiger partial charge in [-0.1, -0.05) is 43.7 Å². The number of fused-ring (bicyclic) bond motifs is 1. The van der Waals surface area contributed by atoms with Crippen LogP contribution < -0.4 is 16.4 Å². The van der Waals surface area contributed by atoms with E-state index in [1.165, 1.54) is 4.57 Å². The van der Waals surface area contributed by atoms with Crippen molar-refractivity contribution < 1.29 is 19.1 Å². The van der Waals surface area contributed by atoms with Gasteiger partial charge in [-0.15, -0.1) is 0 Å². The number of hydrogen-bond donors (Lipinski definition) is 3. The van der Waals surface area contributed by atoms with Crippen molar-refractivity contribution in [3.05, 3.63) is 58.6 Å². The minimum Gasteiger partial charge on any atom is -0.408 e. The topological polar surface area (TPSA) is 130 Å². The van der Waals surface area contributed by atoms with Gasteiger partial charge in [0.15, 0.2) is 5.58 Å². The van der Waals surface area contributed by atoms with Gasteiger partial charge in [0.05, 0.1) is 18.2 Å². The normalized spacial score (nSPS) is 21.3. The van der Waals surface area contributed by atoms with Crippen LogP contribution >= 0.6 is 0 Å². The Morgan fingerprint density at radius 3 is 2.77 bits per heavy atom. The molecule has 4 rings (SSSR count). The molecule has 0 radical (unpaired) electrons. The molecular weight excluding hydrogens is 448 g/mol. The first kappa shape index (κ1) is 24.7. The molecule has 35 heavy (non-hydrogen) atoms. The highest BCUT2D eigenvalue weighted by atomic mass is 16.5. The van der Waals surface area contributed by atoms with Crippen LogP contribution in [0.1, 0.15) is 25.3 Å². The molecule has 1 aliphatic rings. The Labute approximate surface area is 203 Å². The molecule has 184 valence electrons. The molecule has 0 spiro atoms. The maximum Gasteiger partial charge on any atom is 0.419 e. The summed E-state index contributed by atoms with van der Waals surface area (Å²) in [4.78, 5) is 24.4. The summed E-state index contributed by atoms with van der Waals surface area (Å²) < 4.78 is 12.3. The van der Waals surface area contributed by atoms with Crippen LogP contribution in [0.25, 0.3) is 22.2 Å². The number of β-amino-alcohol motifs (C(OH)–C–C–N with tert-alkyl or cyclic N) is 1. The number of carbonyl (C=O) groups excluding carboxylic acids is 1. The van der Waals surface area contributed by atoms with Crippen LogP contribution in [-0.4, -0.2) is 53.0 Å². The lowest BCUT2D eigenvalue weighted by Crippen LogP contribution is -2.46. The van der Waals surface area contributed by atoms with E-state index in [9.17, 15) is 20.0 Å². The number of aryl methyl sites for hydroxylation is 1. The fourth-order valence-electron chi connectivity index (χ4n) is 4.36. The molecule has 9 nitrogen and oxygen atoms in total. The molecule has 2 unspecified atom stereocenters. The van der Waals surface area contributed by atoms with Gasteiger partial charge >= 0.3 is 5.76 Å². The predicted molar refractivity (Wildman–Crippen MR) is 131 cm³/mol. The minimum absolute atomic E-state index is 0.0728. The van der Waals surface area contributed by atoms with Crippen LogP contribution in [0, 0.1) is 11.3 Å². The van der Waals surface area contributed by atoms with Gasteiger partial charge in [0, 0.05) is 26.6 Å². The van der Waals surface area contributed by atoms with Gasteiger partial charge in [-0.2, -0.15) is 5.26 Å². The van der Waals surface area contributed by atoms with Crippen molar-refractivity contribution in [2.75, 3.05) is 19.7 Å². The fraction of sp³-hybridized carbons (Fsp3) is 0.423. The smallest absolute Gasteiger partial charge is 0.408 e. The second kappa shape index (κ2) is 10.4. The number of nitrogens with zero attached hydrogens (tertiary/aromatic N) is 2. The molecule has 1 saturated heterocycles. The molecule has 1 amide bonds. The average Bonchev–Trinajstić information content (AvgIpc) is 3.00. The lowest BCUT2D eigenvalue weighted by Gasteiger charge is -2.25. The number of nitriles is 1. The molecule has 9 heteroatoms. The van der Waals surface area contributed by atoms with Gasteiger partial charge in [0.2, 0.25) is 0 Å². The van der Waals surface area contributed by atoms with Crippen molar-refractivity contribution in [3.8, 4) is 17.2 Å². The number of ether oxygens (including phenoxy) is 1. The third-order valence-electron chi connectivity index (χ3n) is 6.34. The number of aliphatic hydroxyl groups is 1. The summed E-state index contributed by atoms with van der Waals surface area (Å²) in [7, 11) is 1.67. The quantitative estimate of drug-likeness (QED) is 0.473. The molecule has 3 N–H and O–H groups in total. The van der Waals surface area contributed by atoms with E-state index < -0.39 is 23.5 Å². The number of nitrogens with one attached hydrogen (secondary N) is 2. The van der Waals surface area contributed by atoms with E-state index in [0.29, 0.717) is 30.5 Å². The van der Waals surface area contributed by atoms with E-state index in [4.69, 9.17) is 9.15 Å². The molecule has 3 aromatic rings. The van der Waals surface area contributed by atoms with Crippen molar-refractivity contribution in [1.82, 2.24) is 15.2 Å². The van der Waals surface area contributed by atoms with Crippen LogP contribution in [0.3, 0.4) is 0 Å². The lowest BCUT2D eigenvalue weighted by molar-refractivity contribution is -0.136. The zero-order chi connectivity index (χ0) is 25.0. The highest BCUT2D eigenvalue weighted by molar-refractivity contribution is 5.82. The van der Waals surface area contributed by atoms with Crippen LogP contribution in [0.5, 0.6) is 0 Å². The van der Waals surface area contributed by atoms with Gasteiger partial charge in [0.1, 0.15) is 17.7 Å². The van der Waals surface area contributed by atoms with Crippen molar-refractivity contribution in [2.24, 2.45) is 7.05 Å². The summed E-state index contributed by atoms with van der Waals surface area (Å²) in [5.74, 6) is -0.779. The summed E-state index contributed by atoms with van der Waals surface area (Å²) in [6.07, 6.45) is 0.968. The monoisotopic (exact) mass is 478 g/mol. The second-order valence-corrected chi connectivity index (χ2v) is 9.11. The van der Waals surface area contributed by atoms with Crippen molar-refractivity contribution in [2.45, 2.75) is 43.9 Å². The van der Waals surface area contributed by atoms with E-state index in [0.717, 1.165) is 23.1 Å². The third kappa shape index (κ3) is 5.62. The minimum atomic E-state index is -0.989. The van der Waals surface area contributed by atoms with E-state index in [1.54, 1.807) is 13.1 Å². The zero-order valence-corrected chi connectivity index (χ0v) is 19.9. The number of rotatable bonds is 7. The number of benzene rings is 2. The standard InChI is InChI=1S/C26H30N4O5/c1-3-10-26(33)15-28-14-23(34-16-26)24(31)29-20(13-27)11-17-4-6-18(7-5-17)19-8-9-22-21(12-19)30(2)25(32)35-22/h4-9,12,20,23,28,33H,3,10-11,14-16H2,1-2H3,(H,29,31)/t20-,23?,26?/m0/s1. The maximum absolute atomic E-state index is 12.7. The van der Waals surface area contributed by atoms with Crippen LogP contribution in [0.15, 0.2) is 51.7 Å². The molecule has 0 saturated carbocycles. The maximum atomic E-state index is 12.7. The summed E-state index contributed by atoms with van der Waals surface area (Å²) in [6, 6.07) is 14.7. The van der Waals surface area contributed by atoms with Crippen molar-refractivity contribution in [3.63, 3.8) is 0 Å². The zero-order valence-electron chi connectivity index (χ0n) is 19.9. The summed E-state index contributed by atoms with van der Waals surface area (Å²) >= 11 is 0. The number of aromatic nitrogens is 1. The number of amides is 1. The van der Waals surface area contributed by atoms with Gasteiger partial charge in [-0.25, -0.2) is 4.79 Å². The van der Waals surface area contributed by atoms with Gasteiger partial charge in [-0.05, 0) is 35.2 Å². The molecule has 2 heterocycles. The largest absolute Gasteiger partial charge is 0.419 e. The molecule has 1 aliphatic heterocycles. The van der Waals surface area contributed by atoms with Gasteiger partial charge in [0.25, 0.3) is 5.91 Å². The van der Waals surface area contributed by atoms with Crippen LogP contribution in [0.2, 0.25) is 0 Å². The molecule has 1 aromatic heterocycles. The average molecular weight is 479 g/mol. The Morgan fingerprint density at radius 1 is 1.31 bits per heavy atom. The Kier molecular flexibility index (Phi) is 7.36. The summed E-state index contributed by atoms with van der Waals surface area (Å²) in [6.45, 7) is 2.70. The molecule has 3 atom stereocenters. The lowest BCUT2D eigenvalue weighted by atomic mass is 9.99. The Balaban J connectivity index is 1.38. The van der Waals surface area contributed by atoms with E-state index >= 15 is 0 Å². The molecular formula is C26H30N4O5. The second-order valence-electron chi connectivity index (χ2n) is 9.11. The van der Waals surface area contributed by atoms with Crippen LogP contribution in [-0.2, 0) is 23.0 Å². The van der Waals surface area contributed by atoms with E-state index in [1.807, 2.05) is 43.3 Å². The molecule has 0 bridgehead atoms. The molecule has 1 fully saturated rings. The molecule has 2 aromatic carbocycles. The van der Waals surface area contributed by atoms with E-state index in [-0.39, 0.29) is 19.1 Å². The Morgan fingerprint density at radius 2 is 2.06 bits per heavy atom. The number of oxazole rings is 1. The third-order valence-corrected chi connectivity index (χ3v) is 6.34. The first-order valence-corrected chi connectivity index (χ1v) is 11.8. The highest BCUT2D eigenvalue weighted by Crippen LogP contribution is 2.24. The van der Waals surface area contributed by atoms with Crippen molar-refractivity contribution >= 4 is 17.0 Å². The fourth-order valence-corrected chi connectivity index (χ4v) is 4.36. The summed E-state index contributed by atoms with van der Waals surface area (Å²) in [5.41, 5.74) is 3.05. The van der Waals surface area contributed by atoms with Gasteiger partial charge < -0.3 is 24.9 Å². The molecule has 0 aliphatic carbocycles. The first-order valence-electron chi connectivity index (χ1n) is 11.8. The predicted octanol–water partition coefficient (Wildman–Crippen LogP) is 1.87. The first-order chi connectivity index (χ1) is 16.8. The number of hydrogen-bond acceptors (Lipinski definition) is 7. The summed E-state index contributed by atoms with van der Waals surface area (Å²) in [5, 5.41) is 26.0. The van der Waals surface area contributed by atoms with Crippen molar-refractivity contribution in [1.29, 1.82) is 5.26 Å². The Bertz CT molecular complexity index is 1290. The SMILES string of the molecule is CCCC1(O)CNCC(C(=O)N[C@H](C#N)Cc2ccc(-c3ccc4oc(=O)n(C)c4c3)cc2)OC1. The van der Waals surface area contributed by atoms with Gasteiger partial charge in [-0.3, -0.25) is 9.36 Å². The number of carbonyl (C=O) groups is 1. The Hall–Kier alpha value is -3.45. The highest BCUT2D eigenvalue weighted by Gasteiger charge is 2.33.